The fraction of sp³-hybridized carbons (Fsp3) is 0.333. The average molecular weight is 216 g/mol. The molecular weight excluding hydrogens is 200 g/mol. The highest BCUT2D eigenvalue weighted by Crippen LogP contribution is 2.21. The summed E-state index contributed by atoms with van der Waals surface area (Å²) >= 11 is 0. The van der Waals surface area contributed by atoms with Crippen molar-refractivity contribution in [2.45, 2.75) is 26.4 Å². The Morgan fingerprint density at radius 1 is 1.44 bits per heavy atom. The normalized spacial score (nSPS) is 12.7. The van der Waals surface area contributed by atoms with E-state index < -0.39 is 0 Å². The molecule has 1 atom stereocenters. The van der Waals surface area contributed by atoms with Gasteiger partial charge in [0.1, 0.15) is 5.82 Å². The lowest BCUT2D eigenvalue weighted by molar-refractivity contribution is 0.662. The molecule has 0 radical (unpaired) electrons. The number of imidazole rings is 1. The number of nitrogens with zero attached hydrogens (tertiary/aromatic N) is 3. The Kier molecular flexibility index (Phi) is 3.01. The van der Waals surface area contributed by atoms with Gasteiger partial charge < -0.3 is 10.3 Å². The summed E-state index contributed by atoms with van der Waals surface area (Å²) in [6.07, 6.45) is 5.42. The molecule has 0 bridgehead atoms. The molecule has 16 heavy (non-hydrogen) atoms. The number of hydrogen-bond acceptors (Lipinski definition) is 3. The van der Waals surface area contributed by atoms with Crippen LogP contribution in [0.25, 0.3) is 11.4 Å². The van der Waals surface area contributed by atoms with Crippen LogP contribution in [0.1, 0.15) is 25.6 Å². The summed E-state index contributed by atoms with van der Waals surface area (Å²) in [7, 11) is 0. The Labute approximate surface area is 95.1 Å². The van der Waals surface area contributed by atoms with E-state index >= 15 is 0 Å². The summed E-state index contributed by atoms with van der Waals surface area (Å²) in [6.45, 7) is 4.92. The molecule has 2 aromatic heterocycles. The van der Waals surface area contributed by atoms with E-state index in [1.165, 1.54) is 0 Å². The minimum absolute atomic E-state index is 0.00197. The zero-order valence-electron chi connectivity index (χ0n) is 9.59. The molecule has 0 amide bonds. The van der Waals surface area contributed by atoms with Gasteiger partial charge in [-0.2, -0.15) is 0 Å². The first-order chi connectivity index (χ1) is 7.74. The van der Waals surface area contributed by atoms with E-state index in [-0.39, 0.29) is 6.04 Å². The van der Waals surface area contributed by atoms with Gasteiger partial charge in [-0.25, -0.2) is 4.98 Å². The highest BCUT2D eigenvalue weighted by Gasteiger charge is 2.12. The van der Waals surface area contributed by atoms with Crippen LogP contribution in [0, 0.1) is 0 Å². The molecule has 84 valence electrons. The fourth-order valence-electron chi connectivity index (χ4n) is 1.81. The summed E-state index contributed by atoms with van der Waals surface area (Å²) in [5.41, 5.74) is 7.99. The molecule has 4 heteroatoms. The smallest absolute Gasteiger partial charge is 0.141 e. The molecule has 0 aliphatic heterocycles. The van der Waals surface area contributed by atoms with Crippen molar-refractivity contribution >= 4 is 0 Å². The van der Waals surface area contributed by atoms with Gasteiger partial charge in [-0.15, -0.1) is 0 Å². The van der Waals surface area contributed by atoms with Crippen LogP contribution in [-0.2, 0) is 6.54 Å². The summed E-state index contributed by atoms with van der Waals surface area (Å²) in [4.78, 5) is 8.53. The highest BCUT2D eigenvalue weighted by molar-refractivity contribution is 5.54. The summed E-state index contributed by atoms with van der Waals surface area (Å²) in [5, 5.41) is 0. The van der Waals surface area contributed by atoms with Crippen LogP contribution in [-0.4, -0.2) is 14.5 Å². The standard InChI is InChI=1S/C12H16N4/c1-3-16-11(9(2)13)8-15-12(16)10-5-4-6-14-7-10/h4-9H,3,13H2,1-2H3. The lowest BCUT2D eigenvalue weighted by Crippen LogP contribution is -2.12. The summed E-state index contributed by atoms with van der Waals surface area (Å²) in [6, 6.07) is 3.92. The van der Waals surface area contributed by atoms with Crippen LogP contribution >= 0.6 is 0 Å². The van der Waals surface area contributed by atoms with Gasteiger partial charge >= 0.3 is 0 Å². The maximum absolute atomic E-state index is 5.91. The van der Waals surface area contributed by atoms with Gasteiger partial charge in [0, 0.05) is 30.5 Å². The second-order valence-corrected chi connectivity index (χ2v) is 3.78. The van der Waals surface area contributed by atoms with Crippen molar-refractivity contribution in [1.29, 1.82) is 0 Å². The molecule has 2 heterocycles. The number of nitrogens with two attached hydrogens (primary N) is 1. The van der Waals surface area contributed by atoms with E-state index in [9.17, 15) is 0 Å². The lowest BCUT2D eigenvalue weighted by atomic mass is 10.2. The van der Waals surface area contributed by atoms with Crippen LogP contribution in [0.3, 0.4) is 0 Å². The zero-order valence-corrected chi connectivity index (χ0v) is 9.59. The van der Waals surface area contributed by atoms with Gasteiger partial charge in [0.15, 0.2) is 0 Å². The van der Waals surface area contributed by atoms with Crippen molar-refractivity contribution in [3.63, 3.8) is 0 Å². The van der Waals surface area contributed by atoms with Gasteiger partial charge in [-0.1, -0.05) is 0 Å². The van der Waals surface area contributed by atoms with Gasteiger partial charge in [0.05, 0.1) is 11.9 Å². The van der Waals surface area contributed by atoms with Crippen LogP contribution < -0.4 is 5.73 Å². The highest BCUT2D eigenvalue weighted by atomic mass is 15.1. The van der Waals surface area contributed by atoms with Gasteiger partial charge in [0.25, 0.3) is 0 Å². The predicted octanol–water partition coefficient (Wildman–Crippen LogP) is 1.98. The van der Waals surface area contributed by atoms with Crippen LogP contribution in [0.4, 0.5) is 0 Å². The molecule has 0 fully saturated rings. The first-order valence-electron chi connectivity index (χ1n) is 5.45. The number of pyridine rings is 1. The molecule has 0 saturated heterocycles. The Morgan fingerprint density at radius 2 is 2.25 bits per heavy atom. The third kappa shape index (κ3) is 1.84. The maximum Gasteiger partial charge on any atom is 0.141 e. The Balaban J connectivity index is 2.50. The minimum atomic E-state index is -0.00197. The van der Waals surface area contributed by atoms with E-state index in [2.05, 4.69) is 21.5 Å². The van der Waals surface area contributed by atoms with E-state index in [1.54, 1.807) is 6.20 Å². The first-order valence-corrected chi connectivity index (χ1v) is 5.45. The van der Waals surface area contributed by atoms with E-state index in [0.29, 0.717) is 0 Å². The van der Waals surface area contributed by atoms with Crippen molar-refractivity contribution in [2.75, 3.05) is 0 Å². The van der Waals surface area contributed by atoms with Crippen molar-refractivity contribution in [1.82, 2.24) is 14.5 Å². The molecule has 0 aliphatic rings. The monoisotopic (exact) mass is 216 g/mol. The summed E-state index contributed by atoms with van der Waals surface area (Å²) < 4.78 is 2.13. The van der Waals surface area contributed by atoms with Gasteiger partial charge in [0.2, 0.25) is 0 Å². The largest absolute Gasteiger partial charge is 0.327 e. The van der Waals surface area contributed by atoms with Crippen molar-refractivity contribution in [2.24, 2.45) is 5.73 Å². The van der Waals surface area contributed by atoms with E-state index in [0.717, 1.165) is 23.6 Å². The topological polar surface area (TPSA) is 56.7 Å². The number of aromatic nitrogens is 3. The fourth-order valence-corrected chi connectivity index (χ4v) is 1.81. The lowest BCUT2D eigenvalue weighted by Gasteiger charge is -2.11. The third-order valence-electron chi connectivity index (χ3n) is 2.59. The van der Waals surface area contributed by atoms with E-state index in [1.807, 2.05) is 31.5 Å². The molecule has 4 nitrogen and oxygen atoms in total. The first kappa shape index (κ1) is 10.8. The molecule has 0 aliphatic carbocycles. The van der Waals surface area contributed by atoms with Crippen molar-refractivity contribution in [3.8, 4) is 11.4 Å². The van der Waals surface area contributed by atoms with Crippen LogP contribution in [0.2, 0.25) is 0 Å². The van der Waals surface area contributed by atoms with E-state index in [4.69, 9.17) is 5.73 Å². The molecule has 0 aromatic carbocycles. The second-order valence-electron chi connectivity index (χ2n) is 3.78. The van der Waals surface area contributed by atoms with Gasteiger partial charge in [-0.3, -0.25) is 4.98 Å². The average Bonchev–Trinajstić information content (AvgIpc) is 2.73. The molecule has 0 saturated carbocycles. The SMILES string of the molecule is CCn1c(C(C)N)cnc1-c1cccnc1. The minimum Gasteiger partial charge on any atom is -0.327 e. The molecular formula is C12H16N4. The quantitative estimate of drug-likeness (QED) is 0.853. The Bertz CT molecular complexity index is 459. The van der Waals surface area contributed by atoms with Crippen LogP contribution in [0.15, 0.2) is 30.7 Å². The zero-order chi connectivity index (χ0) is 11.5. The predicted molar refractivity (Wildman–Crippen MR) is 63.7 cm³/mol. The number of rotatable bonds is 3. The second kappa shape index (κ2) is 4.45. The maximum atomic E-state index is 5.91. The third-order valence-corrected chi connectivity index (χ3v) is 2.59. The molecule has 2 N–H and O–H groups in total. The Morgan fingerprint density at radius 3 is 2.81 bits per heavy atom. The Hall–Kier alpha value is -1.68. The van der Waals surface area contributed by atoms with Gasteiger partial charge in [-0.05, 0) is 26.0 Å². The molecule has 2 rings (SSSR count). The summed E-state index contributed by atoms with van der Waals surface area (Å²) in [5.74, 6) is 0.933. The van der Waals surface area contributed by atoms with Crippen molar-refractivity contribution < 1.29 is 0 Å². The van der Waals surface area contributed by atoms with Crippen LogP contribution in [0.5, 0.6) is 0 Å². The molecule has 0 spiro atoms. The molecule has 1 unspecified atom stereocenters. The van der Waals surface area contributed by atoms with Crippen molar-refractivity contribution in [3.05, 3.63) is 36.4 Å². The molecule has 2 aromatic rings. The number of hydrogen-bond donors (Lipinski definition) is 1.